The molecule has 0 saturated carbocycles. The van der Waals surface area contributed by atoms with Gasteiger partial charge in [-0.25, -0.2) is 5.43 Å². The summed E-state index contributed by atoms with van der Waals surface area (Å²) in [6.45, 7) is 7.01. The van der Waals surface area contributed by atoms with E-state index in [4.69, 9.17) is 4.74 Å². The van der Waals surface area contributed by atoms with E-state index in [1.165, 1.54) is 23.4 Å². The number of anilines is 3. The molecule has 0 aliphatic carbocycles. The van der Waals surface area contributed by atoms with Crippen molar-refractivity contribution in [2.24, 2.45) is 0 Å². The summed E-state index contributed by atoms with van der Waals surface area (Å²) in [4.78, 5) is 21.1. The number of nitrogens with zero attached hydrogens (tertiary/aromatic N) is 3. The Kier molecular flexibility index (Phi) is 6.41. The summed E-state index contributed by atoms with van der Waals surface area (Å²) in [7, 11) is 0. The maximum Gasteiger partial charge on any atom is 0.225 e. The zero-order valence-corrected chi connectivity index (χ0v) is 18.5. The van der Waals surface area contributed by atoms with Crippen molar-refractivity contribution in [1.29, 1.82) is 0 Å². The van der Waals surface area contributed by atoms with E-state index in [0.29, 0.717) is 24.7 Å². The van der Waals surface area contributed by atoms with E-state index < -0.39 is 0 Å². The van der Waals surface area contributed by atoms with Gasteiger partial charge in [0.1, 0.15) is 5.82 Å². The third-order valence-corrected chi connectivity index (χ3v) is 6.50. The molecule has 0 spiro atoms. The Morgan fingerprint density at radius 3 is 2.94 bits per heavy atom. The lowest BCUT2D eigenvalue weighted by atomic mass is 10.1. The van der Waals surface area contributed by atoms with Gasteiger partial charge in [-0.1, -0.05) is 12.1 Å². The number of aromatic nitrogens is 1. The van der Waals surface area contributed by atoms with Crippen molar-refractivity contribution >= 4 is 23.1 Å². The summed E-state index contributed by atoms with van der Waals surface area (Å²) >= 11 is 0. The normalized spacial score (nSPS) is 18.4. The minimum Gasteiger partial charge on any atom is -0.478 e. The van der Waals surface area contributed by atoms with Gasteiger partial charge in [-0.15, -0.1) is 0 Å². The van der Waals surface area contributed by atoms with Crippen LogP contribution in [0.15, 0.2) is 30.3 Å². The van der Waals surface area contributed by atoms with E-state index in [1.54, 1.807) is 0 Å². The number of unbranched alkanes of at least 4 members (excludes halogenated alkanes) is 1. The molecule has 3 N–H and O–H groups in total. The van der Waals surface area contributed by atoms with Crippen LogP contribution in [0.4, 0.5) is 17.2 Å². The average Bonchev–Trinajstić information content (AvgIpc) is 3.17. The minimum absolute atomic E-state index is 0.0303. The molecule has 0 unspecified atom stereocenters. The topological polar surface area (TPSA) is 81.8 Å². The SMILES string of the molecule is O=C1CCc2ccc(OCCCCN3CCCN(c4cccc5c4NNC5)CC3)nc2N1. The van der Waals surface area contributed by atoms with Crippen LogP contribution in [0.1, 0.15) is 36.8 Å². The summed E-state index contributed by atoms with van der Waals surface area (Å²) in [5.41, 5.74) is 11.6. The molecule has 0 atom stereocenters. The Bertz CT molecular complexity index is 966. The molecule has 0 bridgehead atoms. The molecule has 4 heterocycles. The van der Waals surface area contributed by atoms with Crippen molar-refractivity contribution in [3.05, 3.63) is 41.5 Å². The molecule has 1 fully saturated rings. The van der Waals surface area contributed by atoms with Crippen LogP contribution < -0.4 is 25.8 Å². The standard InChI is InChI=1S/C24H32N6O2/c31-21-9-7-18-8-10-22(27-24(18)26-21)32-16-2-1-11-29-12-4-13-30(15-14-29)20-6-3-5-19-17-25-28-23(19)20/h3,5-6,8,10,25,28H,1-2,4,7,9,11-17H2,(H,26,27,31). The van der Waals surface area contributed by atoms with E-state index in [-0.39, 0.29) is 5.91 Å². The molecule has 8 nitrogen and oxygen atoms in total. The van der Waals surface area contributed by atoms with Crippen LogP contribution in [0.5, 0.6) is 5.88 Å². The molecule has 170 valence electrons. The monoisotopic (exact) mass is 436 g/mol. The molecule has 1 saturated heterocycles. The first kappa shape index (κ1) is 21.0. The lowest BCUT2D eigenvalue weighted by molar-refractivity contribution is -0.116. The van der Waals surface area contributed by atoms with E-state index >= 15 is 0 Å². The second-order valence-corrected chi connectivity index (χ2v) is 8.73. The Morgan fingerprint density at radius 1 is 1.00 bits per heavy atom. The number of pyridine rings is 1. The summed E-state index contributed by atoms with van der Waals surface area (Å²) < 4.78 is 5.84. The van der Waals surface area contributed by atoms with Gasteiger partial charge in [0.15, 0.2) is 0 Å². The van der Waals surface area contributed by atoms with Gasteiger partial charge >= 0.3 is 0 Å². The smallest absolute Gasteiger partial charge is 0.225 e. The zero-order chi connectivity index (χ0) is 21.8. The van der Waals surface area contributed by atoms with Gasteiger partial charge in [0, 0.05) is 38.7 Å². The molecule has 32 heavy (non-hydrogen) atoms. The summed E-state index contributed by atoms with van der Waals surface area (Å²) in [6, 6.07) is 10.5. The number of hydrazine groups is 1. The number of para-hydroxylation sites is 1. The minimum atomic E-state index is 0.0303. The molecule has 1 amide bonds. The predicted octanol–water partition coefficient (Wildman–Crippen LogP) is 2.77. The van der Waals surface area contributed by atoms with Gasteiger partial charge in [-0.3, -0.25) is 4.79 Å². The number of benzene rings is 1. The van der Waals surface area contributed by atoms with Gasteiger partial charge in [0.25, 0.3) is 0 Å². The lowest BCUT2D eigenvalue weighted by Crippen LogP contribution is -2.31. The van der Waals surface area contributed by atoms with Crippen molar-refractivity contribution in [2.45, 2.75) is 38.6 Å². The Hall–Kier alpha value is -2.84. The summed E-state index contributed by atoms with van der Waals surface area (Å²) in [5.74, 6) is 1.28. The maximum absolute atomic E-state index is 11.6. The highest BCUT2D eigenvalue weighted by atomic mass is 16.5. The van der Waals surface area contributed by atoms with Crippen molar-refractivity contribution in [2.75, 3.05) is 55.0 Å². The van der Waals surface area contributed by atoms with Gasteiger partial charge in [-0.05, 0) is 62.0 Å². The number of amides is 1. The third-order valence-electron chi connectivity index (χ3n) is 6.50. The van der Waals surface area contributed by atoms with Crippen molar-refractivity contribution in [3.8, 4) is 5.88 Å². The Balaban J connectivity index is 1.05. The van der Waals surface area contributed by atoms with Crippen LogP contribution in [0.2, 0.25) is 0 Å². The Labute approximate surface area is 189 Å². The van der Waals surface area contributed by atoms with Crippen molar-refractivity contribution < 1.29 is 9.53 Å². The van der Waals surface area contributed by atoms with Gasteiger partial charge < -0.3 is 25.3 Å². The number of ether oxygens (including phenoxy) is 1. The number of carbonyl (C=O) groups is 1. The fourth-order valence-corrected chi connectivity index (χ4v) is 4.72. The summed E-state index contributed by atoms with van der Waals surface area (Å²) in [5, 5.41) is 2.83. The number of hydrogen-bond donors (Lipinski definition) is 3. The molecule has 3 aliphatic rings. The van der Waals surface area contributed by atoms with E-state index in [9.17, 15) is 4.79 Å². The zero-order valence-electron chi connectivity index (χ0n) is 18.5. The number of aryl methyl sites for hydroxylation is 1. The highest BCUT2D eigenvalue weighted by Gasteiger charge is 2.21. The van der Waals surface area contributed by atoms with Crippen LogP contribution >= 0.6 is 0 Å². The van der Waals surface area contributed by atoms with Crippen molar-refractivity contribution in [1.82, 2.24) is 15.3 Å². The van der Waals surface area contributed by atoms with Gasteiger partial charge in [-0.2, -0.15) is 4.98 Å². The number of nitrogens with one attached hydrogen (secondary N) is 3. The van der Waals surface area contributed by atoms with Crippen molar-refractivity contribution in [3.63, 3.8) is 0 Å². The number of hydrogen-bond acceptors (Lipinski definition) is 7. The lowest BCUT2D eigenvalue weighted by Gasteiger charge is -2.25. The maximum atomic E-state index is 11.6. The Morgan fingerprint density at radius 2 is 1.97 bits per heavy atom. The number of fused-ring (bicyclic) bond motifs is 2. The van der Waals surface area contributed by atoms with E-state index in [1.807, 2.05) is 12.1 Å². The van der Waals surface area contributed by atoms with Crippen LogP contribution in [0.3, 0.4) is 0 Å². The van der Waals surface area contributed by atoms with E-state index in [2.05, 4.69) is 49.2 Å². The fraction of sp³-hybridized carbons (Fsp3) is 0.500. The molecule has 3 aliphatic heterocycles. The van der Waals surface area contributed by atoms with Gasteiger partial charge in [0.05, 0.1) is 18.0 Å². The predicted molar refractivity (Wildman–Crippen MR) is 126 cm³/mol. The molecular formula is C24H32N6O2. The second kappa shape index (κ2) is 9.75. The third kappa shape index (κ3) is 4.81. The largest absolute Gasteiger partial charge is 0.478 e. The van der Waals surface area contributed by atoms with Crippen LogP contribution in [-0.4, -0.2) is 55.1 Å². The molecule has 2 aromatic rings. The molecule has 1 aromatic heterocycles. The van der Waals surface area contributed by atoms with E-state index in [0.717, 1.165) is 64.1 Å². The average molecular weight is 437 g/mol. The molecule has 8 heteroatoms. The highest BCUT2D eigenvalue weighted by Crippen LogP contribution is 2.32. The second-order valence-electron chi connectivity index (χ2n) is 8.73. The first-order chi connectivity index (χ1) is 15.8. The van der Waals surface area contributed by atoms with Crippen LogP contribution in [0, 0.1) is 0 Å². The quantitative estimate of drug-likeness (QED) is 0.576. The molecular weight excluding hydrogens is 404 g/mol. The van der Waals surface area contributed by atoms with Crippen LogP contribution in [-0.2, 0) is 17.8 Å². The molecule has 1 aromatic carbocycles. The first-order valence-corrected chi connectivity index (χ1v) is 11.8. The number of rotatable bonds is 7. The summed E-state index contributed by atoms with van der Waals surface area (Å²) in [6.07, 6.45) is 4.56. The van der Waals surface area contributed by atoms with Crippen LogP contribution in [0.25, 0.3) is 0 Å². The highest BCUT2D eigenvalue weighted by molar-refractivity contribution is 5.92. The fourth-order valence-electron chi connectivity index (χ4n) is 4.72. The molecule has 5 rings (SSSR count). The molecule has 0 radical (unpaired) electrons. The first-order valence-electron chi connectivity index (χ1n) is 11.8. The van der Waals surface area contributed by atoms with Gasteiger partial charge in [0.2, 0.25) is 11.8 Å². The number of carbonyl (C=O) groups excluding carboxylic acids is 1.